The number of benzene rings is 1. The molecule has 1 aliphatic heterocycles. The highest BCUT2D eigenvalue weighted by molar-refractivity contribution is 5.99. The second-order valence-corrected chi connectivity index (χ2v) is 5.19. The van der Waals surface area contributed by atoms with Crippen LogP contribution in [0.5, 0.6) is 0 Å². The zero-order chi connectivity index (χ0) is 15.6. The zero-order valence-corrected chi connectivity index (χ0v) is 11.6. The summed E-state index contributed by atoms with van der Waals surface area (Å²) in [7, 11) is 1.94. The van der Waals surface area contributed by atoms with Gasteiger partial charge in [0.25, 0.3) is 0 Å². The van der Waals surface area contributed by atoms with Gasteiger partial charge in [-0.25, -0.2) is 4.39 Å². The van der Waals surface area contributed by atoms with Gasteiger partial charge in [0.1, 0.15) is 5.82 Å². The first-order chi connectivity index (χ1) is 9.77. The molecule has 0 unspecified atom stereocenters. The number of alkyl halides is 3. The van der Waals surface area contributed by atoms with E-state index in [1.807, 2.05) is 7.05 Å². The van der Waals surface area contributed by atoms with Gasteiger partial charge < -0.3 is 4.90 Å². The fourth-order valence-corrected chi connectivity index (χ4v) is 2.29. The van der Waals surface area contributed by atoms with Crippen LogP contribution >= 0.6 is 0 Å². The Morgan fingerprint density at radius 3 is 2.38 bits per heavy atom. The molecule has 116 valence electrons. The molecule has 0 atom stereocenters. The lowest BCUT2D eigenvalue weighted by molar-refractivity contribution is -0.138. The molecule has 0 bridgehead atoms. The summed E-state index contributed by atoms with van der Waals surface area (Å²) in [5, 5.41) is 0. The molecule has 0 aliphatic carbocycles. The lowest BCUT2D eigenvalue weighted by Gasteiger charge is -2.31. The maximum atomic E-state index is 13.2. The Hall–Kier alpha value is -1.47. The topological polar surface area (TPSA) is 23.6 Å². The van der Waals surface area contributed by atoms with Crippen LogP contribution in [0.4, 0.5) is 17.6 Å². The van der Waals surface area contributed by atoms with E-state index in [-0.39, 0.29) is 6.54 Å². The van der Waals surface area contributed by atoms with Crippen molar-refractivity contribution in [3.05, 3.63) is 35.1 Å². The summed E-state index contributed by atoms with van der Waals surface area (Å²) in [5.74, 6) is -1.55. The van der Waals surface area contributed by atoms with E-state index in [2.05, 4.69) is 4.90 Å². The number of ketones is 1. The van der Waals surface area contributed by atoms with Crippen molar-refractivity contribution in [2.24, 2.45) is 0 Å². The second kappa shape index (κ2) is 6.11. The molecule has 1 aromatic carbocycles. The van der Waals surface area contributed by atoms with Gasteiger partial charge in [-0.05, 0) is 25.2 Å². The molecule has 1 fully saturated rings. The van der Waals surface area contributed by atoms with E-state index in [1.54, 1.807) is 4.90 Å². The van der Waals surface area contributed by atoms with Gasteiger partial charge in [-0.1, -0.05) is 0 Å². The molecule has 21 heavy (non-hydrogen) atoms. The molecule has 0 N–H and O–H groups in total. The quantitative estimate of drug-likeness (QED) is 0.632. The minimum Gasteiger partial charge on any atom is -0.304 e. The highest BCUT2D eigenvalue weighted by atomic mass is 19.4. The van der Waals surface area contributed by atoms with Crippen LogP contribution in [0.3, 0.4) is 0 Å². The van der Waals surface area contributed by atoms with Gasteiger partial charge in [0.2, 0.25) is 0 Å². The first kappa shape index (κ1) is 15.9. The molecule has 2 rings (SSSR count). The third-order valence-electron chi connectivity index (χ3n) is 3.55. The molecule has 1 aliphatic rings. The van der Waals surface area contributed by atoms with E-state index in [1.165, 1.54) is 0 Å². The number of likely N-dealkylation sites (N-methyl/N-ethyl adjacent to an activating group) is 1. The molecule has 7 heteroatoms. The first-order valence-corrected chi connectivity index (χ1v) is 6.58. The van der Waals surface area contributed by atoms with E-state index in [4.69, 9.17) is 0 Å². The smallest absolute Gasteiger partial charge is 0.304 e. The van der Waals surface area contributed by atoms with Crippen LogP contribution in [-0.4, -0.2) is 55.4 Å². The Morgan fingerprint density at radius 1 is 1.19 bits per heavy atom. The molecule has 0 spiro atoms. The number of hydrogen-bond donors (Lipinski definition) is 0. The van der Waals surface area contributed by atoms with Crippen LogP contribution in [0.2, 0.25) is 0 Å². The molecule has 0 amide bonds. The second-order valence-electron chi connectivity index (χ2n) is 5.19. The first-order valence-electron chi connectivity index (χ1n) is 6.58. The summed E-state index contributed by atoms with van der Waals surface area (Å²) in [6.07, 6.45) is -4.67. The van der Waals surface area contributed by atoms with Crippen molar-refractivity contribution >= 4 is 5.78 Å². The molecule has 1 saturated heterocycles. The minimum absolute atomic E-state index is 0.125. The van der Waals surface area contributed by atoms with Gasteiger partial charge in [0.15, 0.2) is 5.78 Å². The summed E-state index contributed by atoms with van der Waals surface area (Å²) in [5.41, 5.74) is -1.68. The summed E-state index contributed by atoms with van der Waals surface area (Å²) in [6.45, 7) is 2.60. The van der Waals surface area contributed by atoms with Gasteiger partial charge >= 0.3 is 6.18 Å². The van der Waals surface area contributed by atoms with Gasteiger partial charge in [0, 0.05) is 31.7 Å². The van der Waals surface area contributed by atoms with Gasteiger partial charge in [-0.2, -0.15) is 13.2 Å². The van der Waals surface area contributed by atoms with Crippen molar-refractivity contribution in [1.82, 2.24) is 9.80 Å². The maximum Gasteiger partial charge on any atom is 0.417 e. The zero-order valence-electron chi connectivity index (χ0n) is 11.6. The fourth-order valence-electron chi connectivity index (χ4n) is 2.29. The number of carbonyl (C=O) groups excluding carboxylic acids is 1. The maximum absolute atomic E-state index is 13.2. The number of Topliss-reactive ketones (excluding diaryl/α,β-unsaturated/α-hetero) is 1. The van der Waals surface area contributed by atoms with E-state index < -0.39 is 28.9 Å². The molecular formula is C14H16F4N2O. The number of rotatable bonds is 3. The van der Waals surface area contributed by atoms with Crippen LogP contribution in [0.25, 0.3) is 0 Å². The summed E-state index contributed by atoms with van der Waals surface area (Å²) < 4.78 is 51.8. The molecule has 0 radical (unpaired) electrons. The Labute approximate surface area is 120 Å². The van der Waals surface area contributed by atoms with Crippen LogP contribution in [0.1, 0.15) is 15.9 Å². The Balaban J connectivity index is 2.17. The SMILES string of the molecule is CN1CCN(CC(=O)c2cc(F)ccc2C(F)(F)F)CC1. The average molecular weight is 304 g/mol. The number of piperazine rings is 1. The van der Waals surface area contributed by atoms with Crippen LogP contribution in [0.15, 0.2) is 18.2 Å². The Kier molecular flexibility index (Phi) is 4.63. The Bertz CT molecular complexity index is 522. The molecular weight excluding hydrogens is 288 g/mol. The third-order valence-corrected chi connectivity index (χ3v) is 3.55. The van der Waals surface area contributed by atoms with Crippen molar-refractivity contribution in [3.8, 4) is 0 Å². The number of hydrogen-bond acceptors (Lipinski definition) is 3. The highest BCUT2D eigenvalue weighted by Crippen LogP contribution is 2.32. The monoisotopic (exact) mass is 304 g/mol. The van der Waals surface area contributed by atoms with E-state index in [9.17, 15) is 22.4 Å². The third kappa shape index (κ3) is 4.01. The van der Waals surface area contributed by atoms with Crippen molar-refractivity contribution in [3.63, 3.8) is 0 Å². The van der Waals surface area contributed by atoms with Crippen molar-refractivity contribution < 1.29 is 22.4 Å². The average Bonchev–Trinajstić information content (AvgIpc) is 2.40. The fraction of sp³-hybridized carbons (Fsp3) is 0.500. The molecule has 1 heterocycles. The van der Waals surface area contributed by atoms with Gasteiger partial charge in [0.05, 0.1) is 12.1 Å². The van der Waals surface area contributed by atoms with Crippen molar-refractivity contribution in [1.29, 1.82) is 0 Å². The molecule has 0 saturated carbocycles. The van der Waals surface area contributed by atoms with Crippen LogP contribution in [-0.2, 0) is 6.18 Å². The minimum atomic E-state index is -4.67. The van der Waals surface area contributed by atoms with Crippen molar-refractivity contribution in [2.45, 2.75) is 6.18 Å². The molecule has 1 aromatic rings. The lowest BCUT2D eigenvalue weighted by Crippen LogP contribution is -2.46. The van der Waals surface area contributed by atoms with E-state index >= 15 is 0 Å². The van der Waals surface area contributed by atoms with Crippen LogP contribution in [0, 0.1) is 5.82 Å². The summed E-state index contributed by atoms with van der Waals surface area (Å²) in [4.78, 5) is 16.0. The predicted molar refractivity (Wildman–Crippen MR) is 69.7 cm³/mol. The van der Waals surface area contributed by atoms with Crippen molar-refractivity contribution in [2.75, 3.05) is 39.8 Å². The number of carbonyl (C=O) groups is 1. The predicted octanol–water partition coefficient (Wildman–Crippen LogP) is 2.27. The van der Waals surface area contributed by atoms with Crippen LogP contribution < -0.4 is 0 Å². The molecule has 3 nitrogen and oxygen atoms in total. The Morgan fingerprint density at radius 2 is 1.81 bits per heavy atom. The number of nitrogens with zero attached hydrogens (tertiary/aromatic N) is 2. The number of halogens is 4. The summed E-state index contributed by atoms with van der Waals surface area (Å²) >= 11 is 0. The molecule has 0 aromatic heterocycles. The summed E-state index contributed by atoms with van der Waals surface area (Å²) in [6, 6.07) is 2.00. The van der Waals surface area contributed by atoms with E-state index in [0.29, 0.717) is 25.2 Å². The highest BCUT2D eigenvalue weighted by Gasteiger charge is 2.35. The van der Waals surface area contributed by atoms with E-state index in [0.717, 1.165) is 19.2 Å². The lowest BCUT2D eigenvalue weighted by atomic mass is 10.0. The largest absolute Gasteiger partial charge is 0.417 e. The standard InChI is InChI=1S/C14H16F4N2O/c1-19-4-6-20(7-5-19)9-13(21)11-8-10(15)2-3-12(11)14(16,17)18/h2-3,8H,4-7,9H2,1H3. The van der Waals surface area contributed by atoms with Gasteiger partial charge in [-0.3, -0.25) is 9.69 Å². The van der Waals surface area contributed by atoms with Gasteiger partial charge in [-0.15, -0.1) is 0 Å². The normalized spacial score (nSPS) is 18.0.